The zero-order valence-corrected chi connectivity index (χ0v) is 7.71. The Morgan fingerprint density at radius 3 is 2.92 bits per heavy atom. The van der Waals surface area contributed by atoms with Crippen LogP contribution in [0.25, 0.3) is 11.1 Å². The Morgan fingerprint density at radius 1 is 1.46 bits per heavy atom. The first-order valence-corrected chi connectivity index (χ1v) is 5.50. The maximum atomic E-state index is 11.1. The summed E-state index contributed by atoms with van der Waals surface area (Å²) in [6.45, 7) is 0. The molecule has 2 rings (SSSR count). The molecule has 0 atom stereocenters. The van der Waals surface area contributed by atoms with Crippen LogP contribution in [0.2, 0.25) is 0 Å². The Labute approximate surface area is 75.1 Å². The summed E-state index contributed by atoms with van der Waals surface area (Å²) in [4.78, 5) is 4.07. The Morgan fingerprint density at radius 2 is 2.23 bits per heavy atom. The van der Waals surface area contributed by atoms with Crippen molar-refractivity contribution >= 4 is 20.9 Å². The minimum absolute atomic E-state index is 0.210. The maximum Gasteiger partial charge on any atom is 0.225 e. The highest BCUT2D eigenvalue weighted by atomic mass is 32.2. The van der Waals surface area contributed by atoms with Crippen molar-refractivity contribution in [3.05, 3.63) is 24.6 Å². The molecule has 0 amide bonds. The first-order chi connectivity index (χ1) is 6.07. The number of hydrogen-bond acceptors (Lipinski definition) is 4. The van der Waals surface area contributed by atoms with Crippen molar-refractivity contribution in [2.75, 3.05) is 6.26 Å². The molecule has 0 aliphatic heterocycles. The fourth-order valence-electron chi connectivity index (χ4n) is 1.04. The summed E-state index contributed by atoms with van der Waals surface area (Å²) in [7, 11) is -3.18. The van der Waals surface area contributed by atoms with Gasteiger partial charge in [0.2, 0.25) is 5.71 Å². The fraction of sp³-hybridized carbons (Fsp3) is 0.125. The molecule has 0 saturated heterocycles. The van der Waals surface area contributed by atoms with Gasteiger partial charge in [-0.25, -0.2) is 13.4 Å². The second kappa shape index (κ2) is 2.56. The molecule has 5 heteroatoms. The smallest absolute Gasteiger partial charge is 0.225 e. The van der Waals surface area contributed by atoms with Gasteiger partial charge in [0.1, 0.15) is 0 Å². The Balaban J connectivity index is 2.75. The molecule has 0 aliphatic rings. The highest BCUT2D eigenvalue weighted by Crippen LogP contribution is 2.16. The number of nitrogens with zero attached hydrogens (tertiary/aromatic N) is 1. The van der Waals surface area contributed by atoms with Crippen LogP contribution in [0.15, 0.2) is 33.9 Å². The lowest BCUT2D eigenvalue weighted by atomic mass is 10.3. The summed E-state index contributed by atoms with van der Waals surface area (Å²) in [5, 5.41) is 0.697. The van der Waals surface area contributed by atoms with Gasteiger partial charge < -0.3 is 4.42 Å². The van der Waals surface area contributed by atoms with Crippen LogP contribution in [-0.4, -0.2) is 19.7 Å². The monoisotopic (exact) mass is 197 g/mol. The zero-order chi connectivity index (χ0) is 9.47. The van der Waals surface area contributed by atoms with Crippen LogP contribution in [-0.2, 0) is 9.84 Å². The van der Waals surface area contributed by atoms with E-state index in [-0.39, 0.29) is 4.90 Å². The van der Waals surface area contributed by atoms with Gasteiger partial charge >= 0.3 is 0 Å². The number of furan rings is 1. The fourth-order valence-corrected chi connectivity index (χ4v) is 1.63. The van der Waals surface area contributed by atoms with Gasteiger partial charge in [-0.2, -0.15) is 0 Å². The lowest BCUT2D eigenvalue weighted by Crippen LogP contribution is -1.96. The highest BCUT2D eigenvalue weighted by Gasteiger charge is 2.09. The van der Waals surface area contributed by atoms with E-state index in [9.17, 15) is 8.42 Å². The van der Waals surface area contributed by atoms with E-state index in [4.69, 9.17) is 4.42 Å². The number of fused-ring (bicyclic) bond motifs is 1. The Kier molecular flexibility index (Phi) is 1.63. The van der Waals surface area contributed by atoms with Crippen LogP contribution in [0.3, 0.4) is 0 Å². The van der Waals surface area contributed by atoms with Crippen LogP contribution >= 0.6 is 0 Å². The second-order valence-electron chi connectivity index (χ2n) is 2.76. The summed E-state index contributed by atoms with van der Waals surface area (Å²) in [5.74, 6) is 0. The maximum absolute atomic E-state index is 11.1. The van der Waals surface area contributed by atoms with E-state index in [0.29, 0.717) is 11.1 Å². The molecule has 0 N–H and O–H groups in total. The summed E-state index contributed by atoms with van der Waals surface area (Å²) in [5.41, 5.74) is 0.451. The normalized spacial score (nSPS) is 12.1. The lowest BCUT2D eigenvalue weighted by molar-refractivity contribution is 0.598. The largest absolute Gasteiger partial charge is 0.446 e. The van der Waals surface area contributed by atoms with E-state index < -0.39 is 9.84 Å². The van der Waals surface area contributed by atoms with Crippen LogP contribution in [0, 0.1) is 0 Å². The van der Waals surface area contributed by atoms with Gasteiger partial charge in [-0.1, -0.05) is 0 Å². The van der Waals surface area contributed by atoms with Crippen LogP contribution in [0.4, 0.5) is 0 Å². The minimum atomic E-state index is -3.18. The van der Waals surface area contributed by atoms with Gasteiger partial charge in [-0.3, -0.25) is 0 Å². The van der Waals surface area contributed by atoms with E-state index in [2.05, 4.69) is 4.98 Å². The van der Waals surface area contributed by atoms with E-state index in [1.807, 2.05) is 0 Å². The molecular weight excluding hydrogens is 190 g/mol. The van der Waals surface area contributed by atoms with E-state index in [1.54, 1.807) is 12.1 Å². The van der Waals surface area contributed by atoms with Gasteiger partial charge in [-0.05, 0) is 12.1 Å². The second-order valence-corrected chi connectivity index (χ2v) is 4.77. The minimum Gasteiger partial charge on any atom is -0.446 e. The SMILES string of the molecule is CS(=O)(=O)c1cnc2occc2c1. The molecule has 0 spiro atoms. The third-order valence-electron chi connectivity index (χ3n) is 1.71. The average Bonchev–Trinajstić information content (AvgIpc) is 2.47. The average molecular weight is 197 g/mol. The van der Waals surface area contributed by atoms with Gasteiger partial charge in [0.15, 0.2) is 9.84 Å². The predicted octanol–water partition coefficient (Wildman–Crippen LogP) is 1.23. The van der Waals surface area contributed by atoms with Crippen molar-refractivity contribution in [3.63, 3.8) is 0 Å². The molecular formula is C8H7NO3S. The number of hydrogen-bond donors (Lipinski definition) is 0. The Hall–Kier alpha value is -1.36. The predicted molar refractivity (Wildman–Crippen MR) is 47.1 cm³/mol. The molecule has 0 aromatic carbocycles. The lowest BCUT2D eigenvalue weighted by Gasteiger charge is -1.95. The molecule has 2 heterocycles. The molecule has 0 fully saturated rings. The number of aromatic nitrogens is 1. The number of sulfone groups is 1. The number of pyridine rings is 1. The topological polar surface area (TPSA) is 60.2 Å². The van der Waals surface area contributed by atoms with Crippen LogP contribution in [0.5, 0.6) is 0 Å². The molecule has 13 heavy (non-hydrogen) atoms. The summed E-state index contributed by atoms with van der Waals surface area (Å²) in [6.07, 6.45) is 3.92. The zero-order valence-electron chi connectivity index (χ0n) is 6.89. The van der Waals surface area contributed by atoms with Gasteiger partial charge in [0.25, 0.3) is 0 Å². The molecule has 0 bridgehead atoms. The molecule has 2 aromatic rings. The molecule has 0 aliphatic carbocycles. The van der Waals surface area contributed by atoms with E-state index >= 15 is 0 Å². The van der Waals surface area contributed by atoms with E-state index in [1.165, 1.54) is 12.5 Å². The Bertz CT molecular complexity index is 541. The first-order valence-electron chi connectivity index (χ1n) is 3.61. The molecule has 0 saturated carbocycles. The molecule has 2 aromatic heterocycles. The van der Waals surface area contributed by atoms with Crippen molar-refractivity contribution in [1.82, 2.24) is 4.98 Å². The van der Waals surface area contributed by atoms with Gasteiger partial charge in [0.05, 0.1) is 11.2 Å². The molecule has 68 valence electrons. The quantitative estimate of drug-likeness (QED) is 0.689. The van der Waals surface area contributed by atoms with Gasteiger partial charge in [-0.15, -0.1) is 0 Å². The van der Waals surface area contributed by atoms with Crippen molar-refractivity contribution in [3.8, 4) is 0 Å². The van der Waals surface area contributed by atoms with Gasteiger partial charge in [0, 0.05) is 17.8 Å². The first kappa shape index (κ1) is 8.25. The summed E-state index contributed by atoms with van der Waals surface area (Å²) < 4.78 is 27.2. The highest BCUT2D eigenvalue weighted by molar-refractivity contribution is 7.90. The number of rotatable bonds is 1. The van der Waals surface area contributed by atoms with E-state index in [0.717, 1.165) is 6.26 Å². The third kappa shape index (κ3) is 1.42. The summed E-state index contributed by atoms with van der Waals surface area (Å²) in [6, 6.07) is 3.22. The molecule has 0 unspecified atom stereocenters. The molecule has 0 radical (unpaired) electrons. The summed E-state index contributed by atoms with van der Waals surface area (Å²) >= 11 is 0. The van der Waals surface area contributed by atoms with Crippen molar-refractivity contribution in [2.24, 2.45) is 0 Å². The third-order valence-corrected chi connectivity index (χ3v) is 2.79. The standard InChI is InChI=1S/C8H7NO3S/c1-13(10,11)7-4-6-2-3-12-8(6)9-5-7/h2-5H,1H3. The molecule has 4 nitrogen and oxygen atoms in total. The van der Waals surface area contributed by atoms with Crippen molar-refractivity contribution in [2.45, 2.75) is 4.90 Å². The van der Waals surface area contributed by atoms with Crippen LogP contribution in [0.1, 0.15) is 0 Å². The van der Waals surface area contributed by atoms with Crippen molar-refractivity contribution < 1.29 is 12.8 Å². The van der Waals surface area contributed by atoms with Crippen molar-refractivity contribution in [1.29, 1.82) is 0 Å². The van der Waals surface area contributed by atoms with Crippen LogP contribution < -0.4 is 0 Å².